The van der Waals surface area contributed by atoms with Crippen LogP contribution in [0.5, 0.6) is 0 Å². The van der Waals surface area contributed by atoms with E-state index in [4.69, 9.17) is 17.3 Å². The Morgan fingerprint density at radius 3 is 2.89 bits per heavy atom. The molecule has 0 aliphatic rings. The fraction of sp³-hybridized carbons (Fsp3) is 0.308. The van der Waals surface area contributed by atoms with Gasteiger partial charge in [0, 0.05) is 20.8 Å². The Morgan fingerprint density at radius 2 is 2.28 bits per heavy atom. The quantitative estimate of drug-likeness (QED) is 0.849. The molecule has 1 unspecified atom stereocenters. The van der Waals surface area contributed by atoms with E-state index < -0.39 is 0 Å². The number of hydrogen-bond donors (Lipinski definition) is 1. The van der Waals surface area contributed by atoms with E-state index in [1.807, 2.05) is 32.0 Å². The lowest BCUT2D eigenvalue weighted by Gasteiger charge is -2.00. The predicted molar refractivity (Wildman–Crippen MR) is 80.5 cm³/mol. The van der Waals surface area contributed by atoms with Crippen LogP contribution in [0, 0.1) is 6.92 Å². The van der Waals surface area contributed by atoms with Crippen molar-refractivity contribution in [2.24, 2.45) is 5.73 Å². The standard InChI is InChI=1S/C13H15ClN2S2/c1-8(15)13-9(2)16-12(18-13)7-17-11-5-3-4-10(14)6-11/h3-6,8H,7,15H2,1-2H3. The molecule has 2 nitrogen and oxygen atoms in total. The first kappa shape index (κ1) is 13.9. The second-order valence-corrected chi connectivity index (χ2v) is 6.69. The van der Waals surface area contributed by atoms with Gasteiger partial charge in [-0.25, -0.2) is 4.98 Å². The van der Waals surface area contributed by atoms with Crippen molar-refractivity contribution in [1.29, 1.82) is 0 Å². The molecule has 18 heavy (non-hydrogen) atoms. The monoisotopic (exact) mass is 298 g/mol. The van der Waals surface area contributed by atoms with Crippen LogP contribution in [0.3, 0.4) is 0 Å². The van der Waals surface area contributed by atoms with E-state index in [1.165, 1.54) is 4.88 Å². The average Bonchev–Trinajstić information content (AvgIpc) is 2.68. The number of aryl methyl sites for hydroxylation is 1. The van der Waals surface area contributed by atoms with Crippen LogP contribution in [0.25, 0.3) is 0 Å². The Bertz CT molecular complexity index is 538. The molecule has 0 radical (unpaired) electrons. The summed E-state index contributed by atoms with van der Waals surface area (Å²) in [6.45, 7) is 4.01. The van der Waals surface area contributed by atoms with Gasteiger partial charge in [0.05, 0.1) is 11.4 Å². The summed E-state index contributed by atoms with van der Waals surface area (Å²) in [5.41, 5.74) is 6.95. The predicted octanol–water partition coefficient (Wildman–Crippen LogP) is 4.42. The number of thiazole rings is 1. The second kappa shape index (κ2) is 6.06. The highest BCUT2D eigenvalue weighted by Gasteiger charge is 2.11. The smallest absolute Gasteiger partial charge is 0.103 e. The molecule has 0 aliphatic heterocycles. The maximum atomic E-state index is 5.95. The lowest BCUT2D eigenvalue weighted by Crippen LogP contribution is -2.03. The molecule has 0 fully saturated rings. The third kappa shape index (κ3) is 3.48. The molecule has 0 bridgehead atoms. The van der Waals surface area contributed by atoms with Gasteiger partial charge in [-0.2, -0.15) is 0 Å². The zero-order valence-electron chi connectivity index (χ0n) is 10.3. The Labute approximate surface area is 121 Å². The molecular formula is C13H15ClN2S2. The van der Waals surface area contributed by atoms with Crippen molar-refractivity contribution in [3.05, 3.63) is 44.9 Å². The average molecular weight is 299 g/mol. The van der Waals surface area contributed by atoms with Crippen LogP contribution in [0.4, 0.5) is 0 Å². The molecule has 0 amide bonds. The highest BCUT2D eigenvalue weighted by Crippen LogP contribution is 2.30. The molecule has 1 atom stereocenters. The minimum Gasteiger partial charge on any atom is -0.323 e. The van der Waals surface area contributed by atoms with Gasteiger partial charge in [0.2, 0.25) is 0 Å². The lowest BCUT2D eigenvalue weighted by molar-refractivity contribution is 0.825. The molecule has 96 valence electrons. The third-order valence-electron chi connectivity index (χ3n) is 2.45. The Hall–Kier alpha value is -0.550. The number of thioether (sulfide) groups is 1. The highest BCUT2D eigenvalue weighted by atomic mass is 35.5. The normalized spacial score (nSPS) is 12.7. The van der Waals surface area contributed by atoms with Crippen LogP contribution in [0.1, 0.15) is 28.5 Å². The SMILES string of the molecule is Cc1nc(CSc2cccc(Cl)c2)sc1C(C)N. The minimum absolute atomic E-state index is 0.0624. The van der Waals surface area contributed by atoms with Gasteiger partial charge in [0.25, 0.3) is 0 Å². The molecule has 0 aliphatic carbocycles. The van der Waals surface area contributed by atoms with Crippen molar-refractivity contribution in [3.8, 4) is 0 Å². The van der Waals surface area contributed by atoms with Crippen LogP contribution < -0.4 is 5.73 Å². The van der Waals surface area contributed by atoms with Gasteiger partial charge >= 0.3 is 0 Å². The molecule has 1 heterocycles. The number of hydrogen-bond acceptors (Lipinski definition) is 4. The summed E-state index contributed by atoms with van der Waals surface area (Å²) in [4.78, 5) is 6.90. The molecule has 0 saturated carbocycles. The van der Waals surface area contributed by atoms with Crippen LogP contribution >= 0.6 is 34.7 Å². The van der Waals surface area contributed by atoms with E-state index in [0.717, 1.165) is 26.4 Å². The topological polar surface area (TPSA) is 38.9 Å². The van der Waals surface area contributed by atoms with Crippen molar-refractivity contribution in [2.45, 2.75) is 30.5 Å². The first-order valence-corrected chi connectivity index (χ1v) is 7.84. The maximum Gasteiger partial charge on any atom is 0.103 e. The van der Waals surface area contributed by atoms with Gasteiger partial charge in [0.1, 0.15) is 5.01 Å². The van der Waals surface area contributed by atoms with Crippen LogP contribution in [-0.4, -0.2) is 4.98 Å². The van der Waals surface area contributed by atoms with E-state index in [0.29, 0.717) is 0 Å². The van der Waals surface area contributed by atoms with Crippen LogP contribution in [-0.2, 0) is 5.75 Å². The van der Waals surface area contributed by atoms with Crippen molar-refractivity contribution < 1.29 is 0 Å². The molecule has 0 saturated heterocycles. The first-order chi connectivity index (χ1) is 8.56. The van der Waals surface area contributed by atoms with Crippen molar-refractivity contribution in [3.63, 3.8) is 0 Å². The largest absolute Gasteiger partial charge is 0.323 e. The fourth-order valence-electron chi connectivity index (χ4n) is 1.65. The number of nitrogens with zero attached hydrogens (tertiary/aromatic N) is 1. The Balaban J connectivity index is 2.04. The van der Waals surface area contributed by atoms with Gasteiger partial charge in [-0.3, -0.25) is 0 Å². The van der Waals surface area contributed by atoms with Gasteiger partial charge in [-0.1, -0.05) is 17.7 Å². The molecule has 1 aromatic carbocycles. The third-order valence-corrected chi connectivity index (χ3v) is 5.23. The molecular weight excluding hydrogens is 284 g/mol. The van der Waals surface area contributed by atoms with Crippen molar-refractivity contribution in [2.75, 3.05) is 0 Å². The molecule has 5 heteroatoms. The molecule has 2 rings (SSSR count). The summed E-state index contributed by atoms with van der Waals surface area (Å²) >= 11 is 9.40. The summed E-state index contributed by atoms with van der Waals surface area (Å²) in [6.07, 6.45) is 0. The van der Waals surface area contributed by atoms with Gasteiger partial charge in [0.15, 0.2) is 0 Å². The highest BCUT2D eigenvalue weighted by molar-refractivity contribution is 7.98. The van der Waals surface area contributed by atoms with Gasteiger partial charge in [-0.05, 0) is 32.0 Å². The number of aromatic nitrogens is 1. The maximum absolute atomic E-state index is 5.95. The number of benzene rings is 1. The van der Waals surface area contributed by atoms with Crippen molar-refractivity contribution in [1.82, 2.24) is 4.98 Å². The first-order valence-electron chi connectivity index (χ1n) is 5.66. The summed E-state index contributed by atoms with van der Waals surface area (Å²) in [7, 11) is 0. The number of nitrogens with two attached hydrogens (primary N) is 1. The molecule has 2 aromatic rings. The summed E-state index contributed by atoms with van der Waals surface area (Å²) in [6, 6.07) is 7.94. The summed E-state index contributed by atoms with van der Waals surface area (Å²) in [5, 5.41) is 1.89. The number of rotatable bonds is 4. The minimum atomic E-state index is 0.0624. The van der Waals surface area contributed by atoms with Gasteiger partial charge < -0.3 is 5.73 Å². The van der Waals surface area contributed by atoms with E-state index >= 15 is 0 Å². The second-order valence-electron chi connectivity index (χ2n) is 4.09. The zero-order valence-corrected chi connectivity index (χ0v) is 12.7. The van der Waals surface area contributed by atoms with E-state index in [-0.39, 0.29) is 6.04 Å². The Morgan fingerprint density at radius 1 is 1.50 bits per heavy atom. The Kier molecular flexibility index (Phi) is 4.67. The molecule has 2 N–H and O–H groups in total. The molecule has 1 aromatic heterocycles. The van der Waals surface area contributed by atoms with E-state index in [2.05, 4.69) is 11.1 Å². The fourth-order valence-corrected chi connectivity index (χ4v) is 3.87. The zero-order chi connectivity index (χ0) is 13.1. The lowest BCUT2D eigenvalue weighted by atomic mass is 10.2. The van der Waals surface area contributed by atoms with E-state index in [9.17, 15) is 0 Å². The van der Waals surface area contributed by atoms with Gasteiger partial charge in [-0.15, -0.1) is 23.1 Å². The summed E-state index contributed by atoms with van der Waals surface area (Å²) < 4.78 is 0. The summed E-state index contributed by atoms with van der Waals surface area (Å²) in [5.74, 6) is 0.860. The number of halogens is 1. The van der Waals surface area contributed by atoms with Crippen LogP contribution in [0.15, 0.2) is 29.2 Å². The van der Waals surface area contributed by atoms with E-state index in [1.54, 1.807) is 23.1 Å². The molecule has 0 spiro atoms. The van der Waals surface area contributed by atoms with Crippen molar-refractivity contribution >= 4 is 34.7 Å². The van der Waals surface area contributed by atoms with Crippen LogP contribution in [0.2, 0.25) is 5.02 Å².